The number of hydrogen-bond acceptors (Lipinski definition) is 4. The third-order valence-electron chi connectivity index (χ3n) is 8.22. The van der Waals surface area contributed by atoms with Crippen LogP contribution >= 0.6 is 0 Å². The number of aryl methyl sites for hydroxylation is 4. The average Bonchev–Trinajstić information content (AvgIpc) is 3.03. The van der Waals surface area contributed by atoms with Crippen molar-refractivity contribution in [2.45, 2.75) is 65.4 Å². The molecule has 4 aromatic carbocycles. The average molecular weight is 640 g/mol. The zero-order valence-electron chi connectivity index (χ0n) is 27.7. The van der Waals surface area contributed by atoms with E-state index in [0.29, 0.717) is 12.2 Å². The van der Waals surface area contributed by atoms with E-state index in [9.17, 15) is 18.0 Å². The SMILES string of the molecule is Cc1ccc(S(=O)(=O)N(CC(=O)N(Cc2ccccc2C)C(Cc2ccccc2)C(=O)NCC(C)C)c2ccc(C)c(C)c2)cc1. The van der Waals surface area contributed by atoms with E-state index in [4.69, 9.17) is 0 Å². The maximum Gasteiger partial charge on any atom is 0.264 e. The highest BCUT2D eigenvalue weighted by Crippen LogP contribution is 2.27. The van der Waals surface area contributed by atoms with Crippen molar-refractivity contribution < 1.29 is 18.0 Å². The molecule has 4 aromatic rings. The van der Waals surface area contributed by atoms with Crippen LogP contribution in [0.3, 0.4) is 0 Å². The highest BCUT2D eigenvalue weighted by atomic mass is 32.2. The molecule has 46 heavy (non-hydrogen) atoms. The molecule has 1 atom stereocenters. The number of benzene rings is 4. The lowest BCUT2D eigenvalue weighted by molar-refractivity contribution is -0.140. The number of anilines is 1. The predicted molar refractivity (Wildman–Crippen MR) is 185 cm³/mol. The molecule has 1 N–H and O–H groups in total. The van der Waals surface area contributed by atoms with Crippen LogP contribution in [0.15, 0.2) is 102 Å². The fourth-order valence-corrected chi connectivity index (χ4v) is 6.60. The van der Waals surface area contributed by atoms with Crippen LogP contribution in [0.4, 0.5) is 5.69 Å². The normalized spacial score (nSPS) is 12.1. The van der Waals surface area contributed by atoms with E-state index in [1.165, 1.54) is 4.31 Å². The minimum atomic E-state index is -4.15. The Morgan fingerprint density at radius 2 is 1.41 bits per heavy atom. The third kappa shape index (κ3) is 8.63. The summed E-state index contributed by atoms with van der Waals surface area (Å²) in [7, 11) is -4.15. The summed E-state index contributed by atoms with van der Waals surface area (Å²) >= 11 is 0. The Labute approximate surface area is 274 Å². The van der Waals surface area contributed by atoms with E-state index in [1.807, 2.05) is 102 Å². The summed E-state index contributed by atoms with van der Waals surface area (Å²) in [6, 6.07) is 28.4. The lowest BCUT2D eigenvalue weighted by Gasteiger charge is -2.34. The Bertz CT molecular complexity index is 1750. The van der Waals surface area contributed by atoms with E-state index in [0.717, 1.165) is 33.4 Å². The molecule has 0 bridgehead atoms. The van der Waals surface area contributed by atoms with Gasteiger partial charge in [-0.3, -0.25) is 13.9 Å². The standard InChI is InChI=1S/C38H45N3O4S/c1-27(2)24-39-38(43)36(23-32-13-8-7-9-14-32)40(25-33-15-11-10-12-30(33)5)37(42)26-41(34-19-18-29(4)31(6)22-34)46(44,45)35-20-16-28(3)17-21-35/h7-22,27,36H,23-26H2,1-6H3,(H,39,43). The second-order valence-corrected chi connectivity index (χ2v) is 14.2. The van der Waals surface area contributed by atoms with Crippen molar-refractivity contribution in [3.05, 3.63) is 130 Å². The van der Waals surface area contributed by atoms with Crippen LogP contribution < -0.4 is 9.62 Å². The van der Waals surface area contributed by atoms with Gasteiger partial charge in [-0.15, -0.1) is 0 Å². The van der Waals surface area contributed by atoms with Gasteiger partial charge in [-0.2, -0.15) is 0 Å². The van der Waals surface area contributed by atoms with Crippen molar-refractivity contribution in [2.75, 3.05) is 17.4 Å². The van der Waals surface area contributed by atoms with Crippen molar-refractivity contribution in [3.8, 4) is 0 Å². The fourth-order valence-electron chi connectivity index (χ4n) is 5.19. The minimum absolute atomic E-state index is 0.0880. The van der Waals surface area contributed by atoms with E-state index in [2.05, 4.69) is 5.32 Å². The second kappa shape index (κ2) is 15.2. The quantitative estimate of drug-likeness (QED) is 0.180. The Morgan fingerprint density at radius 3 is 2.04 bits per heavy atom. The van der Waals surface area contributed by atoms with E-state index in [1.54, 1.807) is 41.3 Å². The summed E-state index contributed by atoms with van der Waals surface area (Å²) in [4.78, 5) is 30.2. The van der Waals surface area contributed by atoms with Gasteiger partial charge in [0, 0.05) is 19.5 Å². The second-order valence-electron chi connectivity index (χ2n) is 12.4. The number of nitrogens with one attached hydrogen (secondary N) is 1. The van der Waals surface area contributed by atoms with Crippen molar-refractivity contribution in [1.29, 1.82) is 0 Å². The molecule has 0 fully saturated rings. The van der Waals surface area contributed by atoms with Gasteiger partial charge in [0.2, 0.25) is 11.8 Å². The van der Waals surface area contributed by atoms with E-state index >= 15 is 0 Å². The van der Waals surface area contributed by atoms with Crippen LogP contribution in [0.5, 0.6) is 0 Å². The molecule has 7 nitrogen and oxygen atoms in total. The Kier molecular flexibility index (Phi) is 11.4. The Morgan fingerprint density at radius 1 is 0.761 bits per heavy atom. The van der Waals surface area contributed by atoms with Gasteiger partial charge in [-0.1, -0.05) is 92.2 Å². The number of sulfonamides is 1. The third-order valence-corrected chi connectivity index (χ3v) is 10.0. The fraction of sp³-hybridized carbons (Fsp3) is 0.316. The smallest absolute Gasteiger partial charge is 0.264 e. The first-order valence-electron chi connectivity index (χ1n) is 15.7. The maximum atomic E-state index is 14.6. The summed E-state index contributed by atoms with van der Waals surface area (Å²) in [6.45, 7) is 11.9. The molecule has 8 heteroatoms. The minimum Gasteiger partial charge on any atom is -0.354 e. The largest absolute Gasteiger partial charge is 0.354 e. The van der Waals surface area contributed by atoms with Gasteiger partial charge < -0.3 is 10.2 Å². The summed E-state index contributed by atoms with van der Waals surface area (Å²) in [5.41, 5.74) is 5.97. The zero-order chi connectivity index (χ0) is 33.4. The first-order valence-corrected chi connectivity index (χ1v) is 17.1. The van der Waals surface area contributed by atoms with Gasteiger partial charge in [-0.05, 0) is 85.7 Å². The number of amides is 2. The molecular formula is C38H45N3O4S. The summed E-state index contributed by atoms with van der Waals surface area (Å²) < 4.78 is 29.7. The van der Waals surface area contributed by atoms with Crippen LogP contribution in [0.25, 0.3) is 0 Å². The summed E-state index contributed by atoms with van der Waals surface area (Å²) in [6.07, 6.45) is 0.275. The Balaban J connectivity index is 1.82. The van der Waals surface area contributed by atoms with Gasteiger partial charge >= 0.3 is 0 Å². The van der Waals surface area contributed by atoms with E-state index in [-0.39, 0.29) is 29.7 Å². The molecule has 0 aliphatic heterocycles. The summed E-state index contributed by atoms with van der Waals surface area (Å²) in [5, 5.41) is 3.03. The molecule has 0 saturated carbocycles. The molecule has 0 radical (unpaired) electrons. The van der Waals surface area contributed by atoms with Crippen LogP contribution in [0.2, 0.25) is 0 Å². The first-order chi connectivity index (χ1) is 21.9. The Hall–Kier alpha value is -4.43. The van der Waals surface area contributed by atoms with Gasteiger partial charge in [-0.25, -0.2) is 8.42 Å². The molecule has 1 unspecified atom stereocenters. The van der Waals surface area contributed by atoms with Crippen molar-refractivity contribution in [1.82, 2.24) is 10.2 Å². The van der Waals surface area contributed by atoms with Crippen molar-refractivity contribution in [2.24, 2.45) is 5.92 Å². The van der Waals surface area contributed by atoms with Crippen LogP contribution in [0.1, 0.15) is 47.2 Å². The van der Waals surface area contributed by atoms with Crippen molar-refractivity contribution in [3.63, 3.8) is 0 Å². The molecule has 0 aromatic heterocycles. The molecule has 0 heterocycles. The predicted octanol–water partition coefficient (Wildman–Crippen LogP) is 6.53. The zero-order valence-corrected chi connectivity index (χ0v) is 28.5. The molecule has 0 aliphatic rings. The van der Waals surface area contributed by atoms with Gasteiger partial charge in [0.1, 0.15) is 12.6 Å². The number of carbonyl (C=O) groups is 2. The van der Waals surface area contributed by atoms with Crippen LogP contribution in [-0.2, 0) is 32.6 Å². The lowest BCUT2D eigenvalue weighted by atomic mass is 10.0. The summed E-state index contributed by atoms with van der Waals surface area (Å²) in [5.74, 6) is -0.543. The molecular weight excluding hydrogens is 595 g/mol. The monoisotopic (exact) mass is 639 g/mol. The highest BCUT2D eigenvalue weighted by Gasteiger charge is 2.35. The molecule has 0 spiro atoms. The van der Waals surface area contributed by atoms with Gasteiger partial charge in [0.25, 0.3) is 10.0 Å². The number of rotatable bonds is 13. The molecule has 2 amide bonds. The van der Waals surface area contributed by atoms with Gasteiger partial charge in [0.05, 0.1) is 10.6 Å². The van der Waals surface area contributed by atoms with E-state index < -0.39 is 28.5 Å². The number of nitrogens with zero attached hydrogens (tertiary/aromatic N) is 2. The molecule has 0 aliphatic carbocycles. The molecule has 0 saturated heterocycles. The lowest BCUT2D eigenvalue weighted by Crippen LogP contribution is -2.53. The number of carbonyl (C=O) groups excluding carboxylic acids is 2. The first kappa shape index (κ1) is 34.4. The van der Waals surface area contributed by atoms with Crippen molar-refractivity contribution >= 4 is 27.5 Å². The maximum absolute atomic E-state index is 14.6. The van der Waals surface area contributed by atoms with Gasteiger partial charge in [0.15, 0.2) is 0 Å². The molecule has 4 rings (SSSR count). The molecule has 242 valence electrons. The number of hydrogen-bond donors (Lipinski definition) is 1. The topological polar surface area (TPSA) is 86.8 Å². The van der Waals surface area contributed by atoms with Crippen LogP contribution in [0, 0.1) is 33.6 Å². The highest BCUT2D eigenvalue weighted by molar-refractivity contribution is 7.92. The van der Waals surface area contributed by atoms with Crippen LogP contribution in [-0.4, -0.2) is 44.3 Å².